The highest BCUT2D eigenvalue weighted by molar-refractivity contribution is 9.10. The number of nitrogens with zero attached hydrogens (tertiary/aromatic N) is 3. The Balaban J connectivity index is 1.65. The van der Waals surface area contributed by atoms with Gasteiger partial charge in [-0.25, -0.2) is 0 Å². The van der Waals surface area contributed by atoms with E-state index in [1.807, 2.05) is 12.1 Å². The molecule has 2 aliphatic rings. The molecule has 0 spiro atoms. The van der Waals surface area contributed by atoms with Crippen LogP contribution in [-0.2, 0) is 6.54 Å². The average molecular weight is 355 g/mol. The van der Waals surface area contributed by atoms with E-state index < -0.39 is 0 Å². The summed E-state index contributed by atoms with van der Waals surface area (Å²) in [5.41, 5.74) is 1.13. The quantitative estimate of drug-likeness (QED) is 0.834. The first-order valence-corrected chi connectivity index (χ1v) is 8.16. The number of rotatable bonds is 3. The van der Waals surface area contributed by atoms with Crippen molar-refractivity contribution in [2.75, 3.05) is 19.6 Å². The van der Waals surface area contributed by atoms with E-state index in [1.54, 1.807) is 0 Å². The van der Waals surface area contributed by atoms with Crippen LogP contribution in [0.3, 0.4) is 0 Å². The highest BCUT2D eigenvalue weighted by atomic mass is 79.9. The summed E-state index contributed by atoms with van der Waals surface area (Å²) < 4.78 is 1.000. The summed E-state index contributed by atoms with van der Waals surface area (Å²) in [6.45, 7) is 3.65. The molecule has 0 aromatic heterocycles. The molecule has 1 saturated heterocycles. The molecule has 1 aliphatic heterocycles. The van der Waals surface area contributed by atoms with E-state index in [2.05, 4.69) is 37.9 Å². The molecule has 0 N–H and O–H groups in total. The Morgan fingerprint density at radius 2 is 2.15 bits per heavy atom. The predicted molar refractivity (Wildman–Crippen MR) is 83.6 cm³/mol. The zero-order valence-corrected chi connectivity index (χ0v) is 13.6. The van der Waals surface area contributed by atoms with Crippen LogP contribution in [0.25, 0.3) is 0 Å². The second kappa shape index (κ2) is 6.03. The van der Waals surface area contributed by atoms with Crippen LogP contribution in [0.4, 0.5) is 0 Å². The number of halogens is 2. The second-order valence-electron chi connectivity index (χ2n) is 5.58. The van der Waals surface area contributed by atoms with E-state index in [0.29, 0.717) is 6.04 Å². The molecule has 1 heterocycles. The lowest BCUT2D eigenvalue weighted by Crippen LogP contribution is -2.52. The molecule has 3 nitrogen and oxygen atoms in total. The van der Waals surface area contributed by atoms with E-state index in [1.165, 1.54) is 12.8 Å². The normalized spacial score (nSPS) is 24.6. The number of hydrogen-bond acceptors (Lipinski definition) is 3. The summed E-state index contributed by atoms with van der Waals surface area (Å²) >= 11 is 9.70. The van der Waals surface area contributed by atoms with Gasteiger partial charge in [-0.1, -0.05) is 33.6 Å². The van der Waals surface area contributed by atoms with Gasteiger partial charge >= 0.3 is 0 Å². The molecule has 1 aromatic carbocycles. The Morgan fingerprint density at radius 1 is 1.35 bits per heavy atom. The number of piperazine rings is 1. The summed E-state index contributed by atoms with van der Waals surface area (Å²) in [5, 5.41) is 10.2. The molecule has 5 heteroatoms. The van der Waals surface area contributed by atoms with Crippen molar-refractivity contribution in [3.05, 3.63) is 33.3 Å². The highest BCUT2D eigenvalue weighted by Crippen LogP contribution is 2.31. The third-order valence-electron chi connectivity index (χ3n) is 4.08. The lowest BCUT2D eigenvalue weighted by atomic mass is 10.1. The zero-order chi connectivity index (χ0) is 14.1. The van der Waals surface area contributed by atoms with Gasteiger partial charge in [-0.05, 0) is 30.5 Å². The Bertz CT molecular complexity index is 538. The van der Waals surface area contributed by atoms with Gasteiger partial charge < -0.3 is 0 Å². The number of benzene rings is 1. The maximum absolute atomic E-state index is 9.36. The summed E-state index contributed by atoms with van der Waals surface area (Å²) in [4.78, 5) is 4.71. The molecule has 0 amide bonds. The maximum atomic E-state index is 9.36. The molecule has 1 saturated carbocycles. The fourth-order valence-electron chi connectivity index (χ4n) is 2.85. The van der Waals surface area contributed by atoms with Crippen molar-refractivity contribution in [1.29, 1.82) is 5.26 Å². The van der Waals surface area contributed by atoms with E-state index in [9.17, 15) is 5.26 Å². The molecular formula is C15H17BrClN3. The van der Waals surface area contributed by atoms with Gasteiger partial charge in [0.05, 0.1) is 6.07 Å². The van der Waals surface area contributed by atoms with E-state index >= 15 is 0 Å². The van der Waals surface area contributed by atoms with Crippen LogP contribution in [0.2, 0.25) is 5.02 Å². The first kappa shape index (κ1) is 14.3. The van der Waals surface area contributed by atoms with Crippen molar-refractivity contribution in [2.45, 2.75) is 31.5 Å². The third-order valence-corrected chi connectivity index (χ3v) is 4.92. The second-order valence-corrected chi connectivity index (χ2v) is 6.91. The summed E-state index contributed by atoms with van der Waals surface area (Å²) in [5.74, 6) is 0. The molecule has 0 bridgehead atoms. The first-order chi connectivity index (χ1) is 9.67. The van der Waals surface area contributed by atoms with Gasteiger partial charge in [0.15, 0.2) is 0 Å². The van der Waals surface area contributed by atoms with Crippen molar-refractivity contribution >= 4 is 27.5 Å². The van der Waals surface area contributed by atoms with Gasteiger partial charge in [-0.2, -0.15) is 5.26 Å². The maximum Gasteiger partial charge on any atom is 0.111 e. The summed E-state index contributed by atoms with van der Waals surface area (Å²) in [7, 11) is 0. The van der Waals surface area contributed by atoms with Crippen LogP contribution in [0.1, 0.15) is 18.4 Å². The molecule has 106 valence electrons. The minimum atomic E-state index is 0.0328. The van der Waals surface area contributed by atoms with Gasteiger partial charge in [0, 0.05) is 41.7 Å². The molecule has 1 aliphatic carbocycles. The topological polar surface area (TPSA) is 30.3 Å². The Morgan fingerprint density at radius 3 is 2.80 bits per heavy atom. The van der Waals surface area contributed by atoms with Gasteiger partial charge in [-0.3, -0.25) is 9.80 Å². The molecule has 20 heavy (non-hydrogen) atoms. The average Bonchev–Trinajstić information content (AvgIpc) is 3.26. The first-order valence-electron chi connectivity index (χ1n) is 6.99. The monoisotopic (exact) mass is 353 g/mol. The molecule has 3 rings (SSSR count). The van der Waals surface area contributed by atoms with Crippen molar-refractivity contribution < 1.29 is 0 Å². The molecule has 2 fully saturated rings. The third kappa shape index (κ3) is 3.17. The van der Waals surface area contributed by atoms with E-state index in [4.69, 9.17) is 11.6 Å². The van der Waals surface area contributed by atoms with Gasteiger partial charge in [-0.15, -0.1) is 0 Å². The van der Waals surface area contributed by atoms with Crippen LogP contribution < -0.4 is 0 Å². The van der Waals surface area contributed by atoms with Crippen molar-refractivity contribution in [3.8, 4) is 6.07 Å². The molecule has 1 atom stereocenters. The van der Waals surface area contributed by atoms with Crippen LogP contribution in [0, 0.1) is 11.3 Å². The van der Waals surface area contributed by atoms with Crippen molar-refractivity contribution in [1.82, 2.24) is 9.80 Å². The van der Waals surface area contributed by atoms with Crippen molar-refractivity contribution in [3.63, 3.8) is 0 Å². The van der Waals surface area contributed by atoms with Gasteiger partial charge in [0.25, 0.3) is 0 Å². The highest BCUT2D eigenvalue weighted by Gasteiger charge is 2.37. The Kier molecular flexibility index (Phi) is 4.32. The van der Waals surface area contributed by atoms with E-state index in [-0.39, 0.29) is 6.04 Å². The fraction of sp³-hybridized carbons (Fsp3) is 0.533. The lowest BCUT2D eigenvalue weighted by Gasteiger charge is -2.38. The standard InChI is InChI=1S/C15H17BrClN3/c16-12-2-1-11(15(17)7-12)9-19-5-6-20(13-3-4-13)14(8-18)10-19/h1-2,7,13-14H,3-6,9-10H2. The Labute approximate surface area is 133 Å². The van der Waals surface area contributed by atoms with Crippen LogP contribution >= 0.6 is 27.5 Å². The molecule has 1 unspecified atom stereocenters. The van der Waals surface area contributed by atoms with Gasteiger partial charge in [0.2, 0.25) is 0 Å². The number of hydrogen-bond donors (Lipinski definition) is 0. The molecule has 1 aromatic rings. The van der Waals surface area contributed by atoms with Gasteiger partial charge in [0.1, 0.15) is 6.04 Å². The summed E-state index contributed by atoms with van der Waals surface area (Å²) in [6.07, 6.45) is 2.52. The molecule has 0 radical (unpaired) electrons. The SMILES string of the molecule is N#CC1CN(Cc2ccc(Br)cc2Cl)CCN1C1CC1. The van der Waals surface area contributed by atoms with Crippen LogP contribution in [-0.4, -0.2) is 41.5 Å². The minimum Gasteiger partial charge on any atom is -0.295 e. The van der Waals surface area contributed by atoms with Crippen molar-refractivity contribution in [2.24, 2.45) is 0 Å². The zero-order valence-electron chi connectivity index (χ0n) is 11.2. The van der Waals surface area contributed by atoms with Crippen LogP contribution in [0.15, 0.2) is 22.7 Å². The molecular weight excluding hydrogens is 338 g/mol. The Hall–Kier alpha value is -0.600. The number of nitriles is 1. The minimum absolute atomic E-state index is 0.0328. The van der Waals surface area contributed by atoms with Crippen LogP contribution in [0.5, 0.6) is 0 Å². The smallest absolute Gasteiger partial charge is 0.111 e. The lowest BCUT2D eigenvalue weighted by molar-refractivity contribution is 0.0898. The largest absolute Gasteiger partial charge is 0.295 e. The fourth-order valence-corrected chi connectivity index (χ4v) is 3.58. The predicted octanol–water partition coefficient (Wildman–Crippen LogP) is 3.27. The summed E-state index contributed by atoms with van der Waals surface area (Å²) in [6, 6.07) is 9.16. The van der Waals surface area contributed by atoms with E-state index in [0.717, 1.165) is 41.2 Å².